The van der Waals surface area contributed by atoms with E-state index in [1.165, 1.54) is 6.07 Å². The van der Waals surface area contributed by atoms with Crippen molar-refractivity contribution in [3.05, 3.63) is 53.3 Å². The first kappa shape index (κ1) is 17.0. The van der Waals surface area contributed by atoms with Crippen molar-refractivity contribution in [2.45, 2.75) is 20.8 Å². The van der Waals surface area contributed by atoms with E-state index in [4.69, 9.17) is 0 Å². The molecule has 3 nitrogen and oxygen atoms in total. The molecular formula is C19H24FN3. The first-order chi connectivity index (χ1) is 10.9. The Hall–Kier alpha value is -2.36. The molecule has 2 rings (SSSR count). The van der Waals surface area contributed by atoms with Gasteiger partial charge in [-0.1, -0.05) is 12.1 Å². The van der Waals surface area contributed by atoms with E-state index in [2.05, 4.69) is 4.99 Å². The van der Waals surface area contributed by atoms with E-state index in [-0.39, 0.29) is 5.82 Å². The molecule has 0 aliphatic rings. The molecule has 0 atom stereocenters. The maximum absolute atomic E-state index is 14.5. The van der Waals surface area contributed by atoms with E-state index in [1.54, 1.807) is 6.34 Å². The van der Waals surface area contributed by atoms with Crippen LogP contribution in [0.1, 0.15) is 18.1 Å². The molecule has 4 heteroatoms. The van der Waals surface area contributed by atoms with Gasteiger partial charge in [-0.3, -0.25) is 0 Å². The van der Waals surface area contributed by atoms with Crippen LogP contribution >= 0.6 is 0 Å². The lowest BCUT2D eigenvalue weighted by molar-refractivity contribution is 0.552. The lowest BCUT2D eigenvalue weighted by Gasteiger charge is -2.21. The summed E-state index contributed by atoms with van der Waals surface area (Å²) in [7, 11) is 3.81. The van der Waals surface area contributed by atoms with Gasteiger partial charge in [-0.15, -0.1) is 0 Å². The van der Waals surface area contributed by atoms with Crippen LogP contribution in [0.15, 0.2) is 41.4 Å². The Morgan fingerprint density at radius 3 is 2.52 bits per heavy atom. The second kappa shape index (κ2) is 7.27. The molecular weight excluding hydrogens is 289 g/mol. The normalized spacial score (nSPS) is 11.0. The molecule has 0 radical (unpaired) electrons. The van der Waals surface area contributed by atoms with Crippen molar-refractivity contribution >= 4 is 23.4 Å². The summed E-state index contributed by atoms with van der Waals surface area (Å²) >= 11 is 0. The van der Waals surface area contributed by atoms with Crippen molar-refractivity contribution in [3.63, 3.8) is 0 Å². The molecule has 0 N–H and O–H groups in total. The highest BCUT2D eigenvalue weighted by atomic mass is 19.1. The third-order valence-corrected chi connectivity index (χ3v) is 3.91. The van der Waals surface area contributed by atoms with Crippen LogP contribution in [-0.4, -0.2) is 31.9 Å². The topological polar surface area (TPSA) is 18.8 Å². The van der Waals surface area contributed by atoms with Gasteiger partial charge < -0.3 is 9.80 Å². The van der Waals surface area contributed by atoms with Crippen LogP contribution in [0.3, 0.4) is 0 Å². The Morgan fingerprint density at radius 1 is 1.13 bits per heavy atom. The molecule has 0 saturated heterocycles. The summed E-state index contributed by atoms with van der Waals surface area (Å²) in [6, 6.07) is 11.4. The molecule has 0 aliphatic carbocycles. The fourth-order valence-corrected chi connectivity index (χ4v) is 2.27. The number of aliphatic imine (C=N–C) groups is 1. The zero-order valence-electron chi connectivity index (χ0n) is 14.5. The molecule has 2 aromatic rings. The van der Waals surface area contributed by atoms with Gasteiger partial charge in [-0.2, -0.15) is 0 Å². The maximum atomic E-state index is 14.5. The largest absolute Gasteiger partial charge is 0.366 e. The maximum Gasteiger partial charge on any atom is 0.148 e. The van der Waals surface area contributed by atoms with E-state index < -0.39 is 0 Å². The van der Waals surface area contributed by atoms with Crippen molar-refractivity contribution in [1.29, 1.82) is 0 Å². The predicted molar refractivity (Wildman–Crippen MR) is 96.8 cm³/mol. The number of nitrogens with zero attached hydrogens (tertiary/aromatic N) is 3. The highest BCUT2D eigenvalue weighted by molar-refractivity contribution is 5.69. The smallest absolute Gasteiger partial charge is 0.148 e. The molecule has 0 fully saturated rings. The van der Waals surface area contributed by atoms with Gasteiger partial charge in [0, 0.05) is 32.4 Å². The van der Waals surface area contributed by atoms with Gasteiger partial charge in [-0.05, 0) is 50.1 Å². The van der Waals surface area contributed by atoms with E-state index in [1.807, 2.05) is 75.0 Å². The Labute approximate surface area is 138 Å². The zero-order chi connectivity index (χ0) is 17.0. The average molecular weight is 313 g/mol. The Bertz CT molecular complexity index is 710. The summed E-state index contributed by atoms with van der Waals surface area (Å²) in [5.41, 5.74) is 4.27. The van der Waals surface area contributed by atoms with Crippen LogP contribution in [0.2, 0.25) is 0 Å². The van der Waals surface area contributed by atoms with E-state index in [9.17, 15) is 4.39 Å². The van der Waals surface area contributed by atoms with Crippen molar-refractivity contribution in [2.75, 3.05) is 25.5 Å². The van der Waals surface area contributed by atoms with E-state index >= 15 is 0 Å². The third kappa shape index (κ3) is 4.09. The van der Waals surface area contributed by atoms with Crippen LogP contribution in [-0.2, 0) is 0 Å². The molecule has 0 aliphatic heterocycles. The van der Waals surface area contributed by atoms with Crippen molar-refractivity contribution in [2.24, 2.45) is 4.99 Å². The predicted octanol–water partition coefficient (Wildman–Crippen LogP) is 4.82. The molecule has 0 saturated carbocycles. The van der Waals surface area contributed by atoms with Crippen molar-refractivity contribution in [3.8, 4) is 0 Å². The highest BCUT2D eigenvalue weighted by Gasteiger charge is 2.12. The molecule has 0 aromatic heterocycles. The number of aryl methyl sites for hydroxylation is 2. The zero-order valence-corrected chi connectivity index (χ0v) is 14.5. The van der Waals surface area contributed by atoms with Gasteiger partial charge in [-0.25, -0.2) is 9.38 Å². The highest BCUT2D eigenvalue weighted by Crippen LogP contribution is 2.32. The standard InChI is InChI=1S/C19H24FN3/c1-6-22(4)13-21-18-12-17(20)19(11-15(18)3)23(5)16-9-7-8-14(2)10-16/h7-13H,6H2,1-5H3. The van der Waals surface area contributed by atoms with Gasteiger partial charge in [0.05, 0.1) is 17.7 Å². The van der Waals surface area contributed by atoms with Gasteiger partial charge >= 0.3 is 0 Å². The number of hydrogen-bond donors (Lipinski definition) is 0. The molecule has 0 unspecified atom stereocenters. The van der Waals surface area contributed by atoms with Gasteiger partial charge in [0.25, 0.3) is 0 Å². The summed E-state index contributed by atoms with van der Waals surface area (Å²) in [6.45, 7) is 6.88. The Balaban J connectivity index is 2.34. The first-order valence-corrected chi connectivity index (χ1v) is 7.77. The fraction of sp³-hybridized carbons (Fsp3) is 0.316. The van der Waals surface area contributed by atoms with Gasteiger partial charge in [0.15, 0.2) is 0 Å². The van der Waals surface area contributed by atoms with Crippen LogP contribution in [0.25, 0.3) is 0 Å². The van der Waals surface area contributed by atoms with Crippen LogP contribution in [0.5, 0.6) is 0 Å². The van der Waals surface area contributed by atoms with Gasteiger partial charge in [0.2, 0.25) is 0 Å². The van der Waals surface area contributed by atoms with Gasteiger partial charge in [0.1, 0.15) is 5.82 Å². The SMILES string of the molecule is CCN(C)C=Nc1cc(F)c(N(C)c2cccc(C)c2)cc1C. The Kier molecular flexibility index (Phi) is 5.37. The van der Waals surface area contributed by atoms with Crippen LogP contribution in [0, 0.1) is 19.7 Å². The number of rotatable bonds is 5. The van der Waals surface area contributed by atoms with Crippen molar-refractivity contribution < 1.29 is 4.39 Å². The second-order valence-electron chi connectivity index (χ2n) is 5.81. The van der Waals surface area contributed by atoms with Crippen LogP contribution < -0.4 is 4.90 Å². The summed E-state index contributed by atoms with van der Waals surface area (Å²) < 4.78 is 14.5. The third-order valence-electron chi connectivity index (χ3n) is 3.91. The minimum atomic E-state index is -0.272. The number of anilines is 2. The summed E-state index contributed by atoms with van der Waals surface area (Å²) in [5, 5.41) is 0. The molecule has 122 valence electrons. The lowest BCUT2D eigenvalue weighted by Crippen LogP contribution is -2.14. The molecule has 23 heavy (non-hydrogen) atoms. The van der Waals surface area contributed by atoms with Crippen LogP contribution in [0.4, 0.5) is 21.5 Å². The number of benzene rings is 2. The molecule has 0 amide bonds. The van der Waals surface area contributed by atoms with E-state index in [0.717, 1.165) is 23.4 Å². The lowest BCUT2D eigenvalue weighted by atomic mass is 10.1. The number of halogens is 1. The molecule has 2 aromatic carbocycles. The van der Waals surface area contributed by atoms with E-state index in [0.29, 0.717) is 11.4 Å². The summed E-state index contributed by atoms with van der Waals surface area (Å²) in [5.74, 6) is -0.272. The minimum Gasteiger partial charge on any atom is -0.366 e. The average Bonchev–Trinajstić information content (AvgIpc) is 2.54. The fourth-order valence-electron chi connectivity index (χ4n) is 2.27. The monoisotopic (exact) mass is 313 g/mol. The number of hydrogen-bond acceptors (Lipinski definition) is 2. The van der Waals surface area contributed by atoms with Crippen molar-refractivity contribution in [1.82, 2.24) is 4.90 Å². The molecule has 0 heterocycles. The minimum absolute atomic E-state index is 0.272. The summed E-state index contributed by atoms with van der Waals surface area (Å²) in [4.78, 5) is 8.18. The Morgan fingerprint density at radius 2 is 1.87 bits per heavy atom. The summed E-state index contributed by atoms with van der Waals surface area (Å²) in [6.07, 6.45) is 1.73. The molecule has 0 spiro atoms. The molecule has 0 bridgehead atoms. The first-order valence-electron chi connectivity index (χ1n) is 7.77. The quantitative estimate of drug-likeness (QED) is 0.582. The second-order valence-corrected chi connectivity index (χ2v) is 5.81.